The van der Waals surface area contributed by atoms with Crippen LogP contribution in [-0.2, 0) is 6.54 Å². The molecule has 3 aromatic rings. The molecular weight excluding hydrogens is 264 g/mol. The van der Waals surface area contributed by atoms with Crippen LogP contribution in [0.1, 0.15) is 11.3 Å². The van der Waals surface area contributed by atoms with Crippen LogP contribution < -0.4 is 10.1 Å². The van der Waals surface area contributed by atoms with E-state index in [1.165, 1.54) is 0 Å². The van der Waals surface area contributed by atoms with Crippen molar-refractivity contribution in [2.24, 2.45) is 0 Å². The molecule has 1 N–H and O–H groups in total. The molecule has 5 heteroatoms. The highest BCUT2D eigenvalue weighted by atomic mass is 16.5. The molecule has 1 aromatic carbocycles. The topological polar surface area (TPSA) is 59.9 Å². The smallest absolute Gasteiger partial charge is 0.321 e. The van der Waals surface area contributed by atoms with Gasteiger partial charge in [0.15, 0.2) is 5.75 Å². The van der Waals surface area contributed by atoms with E-state index in [1.54, 1.807) is 12.4 Å². The number of rotatable bonds is 4. The fourth-order valence-electron chi connectivity index (χ4n) is 2.09. The predicted molar refractivity (Wildman–Crippen MR) is 81.3 cm³/mol. The average Bonchev–Trinajstić information content (AvgIpc) is 2.50. The average molecular weight is 280 g/mol. The minimum absolute atomic E-state index is 0.325. The van der Waals surface area contributed by atoms with Crippen molar-refractivity contribution in [2.75, 3.05) is 7.05 Å². The summed E-state index contributed by atoms with van der Waals surface area (Å²) in [7, 11) is 1.88. The first-order valence-corrected chi connectivity index (χ1v) is 6.76. The number of aryl methyl sites for hydroxylation is 1. The maximum atomic E-state index is 5.77. The quantitative estimate of drug-likeness (QED) is 0.796. The van der Waals surface area contributed by atoms with Gasteiger partial charge in [-0.15, -0.1) is 0 Å². The van der Waals surface area contributed by atoms with Gasteiger partial charge in [-0.05, 0) is 26.1 Å². The molecule has 106 valence electrons. The van der Waals surface area contributed by atoms with Gasteiger partial charge in [0.1, 0.15) is 5.52 Å². The third-order valence-corrected chi connectivity index (χ3v) is 3.09. The Morgan fingerprint density at radius 1 is 1.10 bits per heavy atom. The van der Waals surface area contributed by atoms with Crippen LogP contribution in [0.15, 0.2) is 42.7 Å². The van der Waals surface area contributed by atoms with E-state index in [0.29, 0.717) is 11.8 Å². The molecule has 0 fully saturated rings. The van der Waals surface area contributed by atoms with Crippen molar-refractivity contribution in [1.29, 1.82) is 0 Å². The lowest BCUT2D eigenvalue weighted by molar-refractivity contribution is 0.444. The summed E-state index contributed by atoms with van der Waals surface area (Å²) in [6.45, 7) is 2.69. The molecule has 0 aliphatic heterocycles. The highest BCUT2D eigenvalue weighted by Gasteiger charge is 2.07. The van der Waals surface area contributed by atoms with Crippen molar-refractivity contribution in [3.8, 4) is 11.8 Å². The molecular formula is C16H16N4O. The lowest BCUT2D eigenvalue weighted by Gasteiger charge is -2.07. The van der Waals surface area contributed by atoms with Gasteiger partial charge in [0.2, 0.25) is 0 Å². The monoisotopic (exact) mass is 280 g/mol. The predicted octanol–water partition coefficient (Wildman–Crippen LogP) is 2.84. The molecule has 2 aromatic heterocycles. The third-order valence-electron chi connectivity index (χ3n) is 3.09. The number of hydrogen-bond acceptors (Lipinski definition) is 5. The van der Waals surface area contributed by atoms with E-state index in [9.17, 15) is 0 Å². The maximum Gasteiger partial charge on any atom is 0.321 e. The summed E-state index contributed by atoms with van der Waals surface area (Å²) in [5.41, 5.74) is 2.78. The Morgan fingerprint density at radius 3 is 2.67 bits per heavy atom. The van der Waals surface area contributed by atoms with Crippen LogP contribution >= 0.6 is 0 Å². The second-order valence-corrected chi connectivity index (χ2v) is 4.79. The molecule has 0 aliphatic rings. The summed E-state index contributed by atoms with van der Waals surface area (Å²) in [5.74, 6) is 0.664. The largest absolute Gasteiger partial charge is 0.422 e. The van der Waals surface area contributed by atoms with E-state index in [4.69, 9.17) is 4.74 Å². The number of nitrogens with zero attached hydrogens (tertiary/aromatic N) is 3. The van der Waals surface area contributed by atoms with Crippen LogP contribution in [0.3, 0.4) is 0 Å². The van der Waals surface area contributed by atoms with E-state index in [2.05, 4.69) is 20.3 Å². The van der Waals surface area contributed by atoms with Crippen molar-refractivity contribution in [3.05, 3.63) is 54.0 Å². The van der Waals surface area contributed by atoms with Crippen LogP contribution in [0.25, 0.3) is 10.9 Å². The fraction of sp³-hybridized carbons (Fsp3) is 0.188. The number of hydrogen-bond donors (Lipinski definition) is 1. The van der Waals surface area contributed by atoms with Crippen LogP contribution in [-0.4, -0.2) is 22.0 Å². The van der Waals surface area contributed by atoms with Crippen molar-refractivity contribution in [3.63, 3.8) is 0 Å². The number of nitrogens with one attached hydrogen (secondary N) is 1. The molecule has 0 unspecified atom stereocenters. The van der Waals surface area contributed by atoms with Crippen molar-refractivity contribution in [1.82, 2.24) is 20.3 Å². The summed E-state index contributed by atoms with van der Waals surface area (Å²) >= 11 is 0. The van der Waals surface area contributed by atoms with Crippen LogP contribution in [0, 0.1) is 6.92 Å². The van der Waals surface area contributed by atoms with E-state index in [-0.39, 0.29) is 0 Å². The number of fused-ring (bicyclic) bond motifs is 1. The fourth-order valence-corrected chi connectivity index (χ4v) is 2.09. The van der Waals surface area contributed by atoms with E-state index >= 15 is 0 Å². The summed E-state index contributed by atoms with van der Waals surface area (Å²) in [6, 6.07) is 10.1. The molecule has 0 saturated heterocycles. The third kappa shape index (κ3) is 2.98. The second-order valence-electron chi connectivity index (χ2n) is 4.79. The van der Waals surface area contributed by atoms with Crippen molar-refractivity contribution < 1.29 is 4.74 Å². The minimum atomic E-state index is 0.325. The lowest BCUT2D eigenvalue weighted by atomic mass is 10.2. The Labute approximate surface area is 123 Å². The van der Waals surface area contributed by atoms with Gasteiger partial charge in [0.25, 0.3) is 0 Å². The Kier molecular flexibility index (Phi) is 3.75. The van der Waals surface area contributed by atoms with E-state index < -0.39 is 0 Å². The standard InChI is InChI=1S/C16H16N4O/c1-11-6-7-13-4-3-5-14(15(13)20-11)21-16-18-9-12(8-17-2)10-19-16/h3-7,9-10,17H,8H2,1-2H3. The van der Waals surface area contributed by atoms with Crippen LogP contribution in [0.2, 0.25) is 0 Å². The lowest BCUT2D eigenvalue weighted by Crippen LogP contribution is -2.06. The minimum Gasteiger partial charge on any atom is -0.422 e. The van der Waals surface area contributed by atoms with Crippen molar-refractivity contribution >= 4 is 10.9 Å². The Bertz CT molecular complexity index is 756. The molecule has 2 heterocycles. The van der Waals surface area contributed by atoms with Gasteiger partial charge in [-0.1, -0.05) is 18.2 Å². The van der Waals surface area contributed by atoms with Crippen LogP contribution in [0.4, 0.5) is 0 Å². The molecule has 0 radical (unpaired) electrons. The zero-order valence-electron chi connectivity index (χ0n) is 12.0. The molecule has 0 atom stereocenters. The first-order valence-electron chi connectivity index (χ1n) is 6.76. The molecule has 3 rings (SSSR count). The number of benzene rings is 1. The number of para-hydroxylation sites is 1. The summed E-state index contributed by atoms with van der Waals surface area (Å²) in [4.78, 5) is 13.0. The zero-order valence-corrected chi connectivity index (χ0v) is 12.0. The van der Waals surface area contributed by atoms with Gasteiger partial charge in [0, 0.05) is 35.6 Å². The van der Waals surface area contributed by atoms with Gasteiger partial charge in [-0.2, -0.15) is 0 Å². The molecule has 0 saturated carbocycles. The number of aromatic nitrogens is 3. The van der Waals surface area contributed by atoms with E-state index in [0.717, 1.165) is 28.7 Å². The maximum absolute atomic E-state index is 5.77. The molecule has 0 amide bonds. The SMILES string of the molecule is CNCc1cnc(Oc2cccc3ccc(C)nc23)nc1. The summed E-state index contributed by atoms with van der Waals surface area (Å²) < 4.78 is 5.77. The van der Waals surface area contributed by atoms with Gasteiger partial charge in [-0.3, -0.25) is 0 Å². The molecule has 0 spiro atoms. The van der Waals surface area contributed by atoms with E-state index in [1.807, 2.05) is 44.3 Å². The molecule has 5 nitrogen and oxygen atoms in total. The van der Waals surface area contributed by atoms with Gasteiger partial charge in [0.05, 0.1) is 0 Å². The number of ether oxygens (including phenoxy) is 1. The van der Waals surface area contributed by atoms with Gasteiger partial charge in [-0.25, -0.2) is 15.0 Å². The Hall–Kier alpha value is -2.53. The van der Waals surface area contributed by atoms with Crippen molar-refractivity contribution in [2.45, 2.75) is 13.5 Å². The van der Waals surface area contributed by atoms with Gasteiger partial charge < -0.3 is 10.1 Å². The second kappa shape index (κ2) is 5.85. The first kappa shape index (κ1) is 13.5. The number of pyridine rings is 1. The molecule has 0 bridgehead atoms. The summed E-state index contributed by atoms with van der Waals surface area (Å²) in [5, 5.41) is 4.09. The molecule has 0 aliphatic carbocycles. The zero-order chi connectivity index (χ0) is 14.7. The Morgan fingerprint density at radius 2 is 1.90 bits per heavy atom. The first-order chi connectivity index (χ1) is 10.3. The summed E-state index contributed by atoms with van der Waals surface area (Å²) in [6.07, 6.45) is 3.51. The highest BCUT2D eigenvalue weighted by molar-refractivity contribution is 5.84. The van der Waals surface area contributed by atoms with Crippen LogP contribution in [0.5, 0.6) is 11.8 Å². The van der Waals surface area contributed by atoms with Gasteiger partial charge >= 0.3 is 6.01 Å². The Balaban J connectivity index is 1.92. The molecule has 21 heavy (non-hydrogen) atoms. The highest BCUT2D eigenvalue weighted by Crippen LogP contribution is 2.26. The normalized spacial score (nSPS) is 10.8.